The van der Waals surface area contributed by atoms with Crippen LogP contribution in [0.25, 0.3) is 0 Å². The average Bonchev–Trinajstić information content (AvgIpc) is 2.45. The summed E-state index contributed by atoms with van der Waals surface area (Å²) in [5.74, 6) is 0.899. The fourth-order valence-electron chi connectivity index (χ4n) is 2.16. The van der Waals surface area contributed by atoms with Crippen LogP contribution in [0.3, 0.4) is 0 Å². The largest absolute Gasteiger partial charge is 0.370 e. The third-order valence-electron chi connectivity index (χ3n) is 3.17. The van der Waals surface area contributed by atoms with Crippen LogP contribution in [0.5, 0.6) is 0 Å². The predicted molar refractivity (Wildman–Crippen MR) is 88.7 cm³/mol. The molecule has 4 nitrogen and oxygen atoms in total. The lowest BCUT2D eigenvalue weighted by molar-refractivity contribution is 0.791. The molecule has 2 N–H and O–H groups in total. The molecule has 112 valence electrons. The molecule has 0 fully saturated rings. The van der Waals surface area contributed by atoms with Crippen molar-refractivity contribution in [3.05, 3.63) is 29.8 Å². The SMILES string of the molecule is CCNC(=NCCN(CC)c1ccccc1C)NCC. The van der Waals surface area contributed by atoms with Crippen LogP contribution < -0.4 is 15.5 Å². The molecule has 20 heavy (non-hydrogen) atoms. The van der Waals surface area contributed by atoms with Crippen LogP contribution in [0, 0.1) is 6.92 Å². The topological polar surface area (TPSA) is 39.7 Å². The van der Waals surface area contributed by atoms with Crippen molar-refractivity contribution in [1.29, 1.82) is 0 Å². The van der Waals surface area contributed by atoms with E-state index in [9.17, 15) is 0 Å². The average molecular weight is 276 g/mol. The molecule has 4 heteroatoms. The van der Waals surface area contributed by atoms with Gasteiger partial charge in [-0.2, -0.15) is 0 Å². The molecular weight excluding hydrogens is 248 g/mol. The molecule has 0 heterocycles. The predicted octanol–water partition coefficient (Wildman–Crippen LogP) is 2.40. The molecule has 0 amide bonds. The van der Waals surface area contributed by atoms with Gasteiger partial charge in [-0.05, 0) is 39.3 Å². The Morgan fingerprint density at radius 1 is 1.10 bits per heavy atom. The number of para-hydroxylation sites is 1. The number of anilines is 1. The number of guanidine groups is 1. The van der Waals surface area contributed by atoms with Crippen molar-refractivity contribution < 1.29 is 0 Å². The van der Waals surface area contributed by atoms with E-state index >= 15 is 0 Å². The fourth-order valence-corrected chi connectivity index (χ4v) is 2.16. The summed E-state index contributed by atoms with van der Waals surface area (Å²) in [5, 5.41) is 6.49. The summed E-state index contributed by atoms with van der Waals surface area (Å²) in [6.07, 6.45) is 0. The molecule has 0 bridgehead atoms. The van der Waals surface area contributed by atoms with E-state index in [2.05, 4.69) is 72.5 Å². The Hall–Kier alpha value is -1.71. The molecule has 0 aliphatic rings. The maximum Gasteiger partial charge on any atom is 0.191 e. The maximum absolute atomic E-state index is 4.60. The Morgan fingerprint density at radius 3 is 2.30 bits per heavy atom. The number of hydrogen-bond acceptors (Lipinski definition) is 2. The molecule has 0 aromatic heterocycles. The first kappa shape index (κ1) is 16.3. The monoisotopic (exact) mass is 276 g/mol. The first-order valence-electron chi connectivity index (χ1n) is 7.55. The molecule has 1 rings (SSSR count). The Labute approximate surface area is 123 Å². The number of likely N-dealkylation sites (N-methyl/N-ethyl adjacent to an activating group) is 1. The number of aliphatic imine (C=N–C) groups is 1. The van der Waals surface area contributed by atoms with Gasteiger partial charge in [0.25, 0.3) is 0 Å². The quantitative estimate of drug-likeness (QED) is 0.593. The smallest absolute Gasteiger partial charge is 0.191 e. The number of aryl methyl sites for hydroxylation is 1. The zero-order chi connectivity index (χ0) is 14.8. The zero-order valence-electron chi connectivity index (χ0n) is 13.2. The summed E-state index contributed by atoms with van der Waals surface area (Å²) in [6.45, 7) is 13.0. The molecule has 1 aromatic rings. The highest BCUT2D eigenvalue weighted by Gasteiger charge is 2.06. The molecule has 1 aromatic carbocycles. The minimum Gasteiger partial charge on any atom is -0.370 e. The summed E-state index contributed by atoms with van der Waals surface area (Å²) in [6, 6.07) is 8.51. The van der Waals surface area contributed by atoms with E-state index in [0.717, 1.165) is 38.7 Å². The van der Waals surface area contributed by atoms with Crippen LogP contribution in [0.4, 0.5) is 5.69 Å². The highest BCUT2D eigenvalue weighted by molar-refractivity contribution is 5.79. The fraction of sp³-hybridized carbons (Fsp3) is 0.562. The molecule has 0 aliphatic carbocycles. The van der Waals surface area contributed by atoms with E-state index in [1.807, 2.05) is 0 Å². The van der Waals surface area contributed by atoms with Crippen molar-refractivity contribution >= 4 is 11.6 Å². The molecule has 0 spiro atoms. The van der Waals surface area contributed by atoms with Crippen LogP contribution in [-0.2, 0) is 0 Å². The normalized spacial score (nSPS) is 10.0. The van der Waals surface area contributed by atoms with Gasteiger partial charge in [0.15, 0.2) is 5.96 Å². The molecule has 0 saturated heterocycles. The third kappa shape index (κ3) is 5.11. The maximum atomic E-state index is 4.60. The molecule has 0 radical (unpaired) electrons. The first-order valence-corrected chi connectivity index (χ1v) is 7.55. The number of benzene rings is 1. The van der Waals surface area contributed by atoms with Crippen LogP contribution in [0.15, 0.2) is 29.3 Å². The first-order chi connectivity index (χ1) is 9.72. The molecule has 0 saturated carbocycles. The number of hydrogen-bond donors (Lipinski definition) is 2. The Morgan fingerprint density at radius 2 is 1.75 bits per heavy atom. The van der Waals surface area contributed by atoms with Gasteiger partial charge in [0.2, 0.25) is 0 Å². The van der Waals surface area contributed by atoms with Crippen LogP contribution in [0.2, 0.25) is 0 Å². The summed E-state index contributed by atoms with van der Waals surface area (Å²) in [7, 11) is 0. The van der Waals surface area contributed by atoms with E-state index in [4.69, 9.17) is 0 Å². The highest BCUT2D eigenvalue weighted by Crippen LogP contribution is 2.18. The van der Waals surface area contributed by atoms with Gasteiger partial charge in [-0.1, -0.05) is 18.2 Å². The van der Waals surface area contributed by atoms with E-state index < -0.39 is 0 Å². The molecule has 0 aliphatic heterocycles. The lowest BCUT2D eigenvalue weighted by Gasteiger charge is -2.24. The van der Waals surface area contributed by atoms with Crippen molar-refractivity contribution in [1.82, 2.24) is 10.6 Å². The Bertz CT molecular complexity index is 407. The second-order valence-corrected chi connectivity index (χ2v) is 4.66. The summed E-state index contributed by atoms with van der Waals surface area (Å²) in [5.41, 5.74) is 2.62. The Balaban J connectivity index is 2.61. The van der Waals surface area contributed by atoms with Gasteiger partial charge in [0.1, 0.15) is 0 Å². The molecule has 0 unspecified atom stereocenters. The second kappa shape index (κ2) is 9.23. The van der Waals surface area contributed by atoms with Crippen molar-refractivity contribution in [2.24, 2.45) is 4.99 Å². The number of rotatable bonds is 7. The summed E-state index contributed by atoms with van der Waals surface area (Å²) < 4.78 is 0. The highest BCUT2D eigenvalue weighted by atomic mass is 15.2. The lowest BCUT2D eigenvalue weighted by Crippen LogP contribution is -2.38. The number of nitrogens with one attached hydrogen (secondary N) is 2. The van der Waals surface area contributed by atoms with Gasteiger partial charge in [0.05, 0.1) is 6.54 Å². The van der Waals surface area contributed by atoms with Crippen LogP contribution >= 0.6 is 0 Å². The van der Waals surface area contributed by atoms with Gasteiger partial charge >= 0.3 is 0 Å². The Kier molecular flexibility index (Phi) is 7.55. The molecular formula is C16H28N4. The van der Waals surface area contributed by atoms with Crippen LogP contribution in [-0.4, -0.2) is 38.7 Å². The van der Waals surface area contributed by atoms with Crippen molar-refractivity contribution in [2.75, 3.05) is 37.6 Å². The van der Waals surface area contributed by atoms with Gasteiger partial charge in [-0.25, -0.2) is 0 Å². The minimum absolute atomic E-state index is 0.789. The lowest BCUT2D eigenvalue weighted by atomic mass is 10.2. The third-order valence-corrected chi connectivity index (χ3v) is 3.17. The van der Waals surface area contributed by atoms with Crippen molar-refractivity contribution in [2.45, 2.75) is 27.7 Å². The minimum atomic E-state index is 0.789. The molecule has 0 atom stereocenters. The van der Waals surface area contributed by atoms with Gasteiger partial charge in [0, 0.05) is 31.9 Å². The second-order valence-electron chi connectivity index (χ2n) is 4.66. The van der Waals surface area contributed by atoms with Gasteiger partial charge < -0.3 is 15.5 Å². The van der Waals surface area contributed by atoms with Crippen molar-refractivity contribution in [3.8, 4) is 0 Å². The van der Waals surface area contributed by atoms with Gasteiger partial charge in [-0.15, -0.1) is 0 Å². The van der Waals surface area contributed by atoms with Crippen molar-refractivity contribution in [3.63, 3.8) is 0 Å². The standard InChI is InChI=1S/C16H28N4/c1-5-17-16(18-6-2)19-12-13-20(7-3)15-11-9-8-10-14(15)4/h8-11H,5-7,12-13H2,1-4H3,(H2,17,18,19). The number of nitrogens with zero attached hydrogens (tertiary/aromatic N) is 2. The van der Waals surface area contributed by atoms with E-state index in [1.165, 1.54) is 11.3 Å². The van der Waals surface area contributed by atoms with Crippen LogP contribution in [0.1, 0.15) is 26.3 Å². The zero-order valence-corrected chi connectivity index (χ0v) is 13.2. The summed E-state index contributed by atoms with van der Waals surface area (Å²) >= 11 is 0. The van der Waals surface area contributed by atoms with E-state index in [-0.39, 0.29) is 0 Å². The van der Waals surface area contributed by atoms with Gasteiger partial charge in [-0.3, -0.25) is 4.99 Å². The van der Waals surface area contributed by atoms with E-state index in [0.29, 0.717) is 0 Å². The summed E-state index contributed by atoms with van der Waals surface area (Å²) in [4.78, 5) is 6.97. The van der Waals surface area contributed by atoms with E-state index in [1.54, 1.807) is 0 Å².